The van der Waals surface area contributed by atoms with Gasteiger partial charge in [-0.05, 0) is 13.3 Å². The molecule has 0 saturated carbocycles. The molecule has 0 spiro atoms. The average molecular weight is 258 g/mol. The Morgan fingerprint density at radius 1 is 1.71 bits per heavy atom. The van der Waals surface area contributed by atoms with Crippen molar-refractivity contribution < 1.29 is 9.13 Å². The Bertz CT molecular complexity index is 358. The molecular weight excluding hydrogens is 239 g/mol. The van der Waals surface area contributed by atoms with Gasteiger partial charge in [0.2, 0.25) is 0 Å². The lowest BCUT2D eigenvalue weighted by Gasteiger charge is -2.32. The van der Waals surface area contributed by atoms with E-state index in [1.54, 1.807) is 11.3 Å². The molecule has 0 N–H and O–H groups in total. The summed E-state index contributed by atoms with van der Waals surface area (Å²) in [6, 6.07) is 0. The molecule has 5 heteroatoms. The molecule has 0 unspecified atom stereocenters. The van der Waals surface area contributed by atoms with Crippen LogP contribution < -0.4 is 0 Å². The number of halogens is 1. The normalized spacial score (nSPS) is 23.8. The van der Waals surface area contributed by atoms with Crippen LogP contribution in [0.5, 0.6) is 0 Å². The minimum Gasteiger partial charge on any atom is -0.368 e. The highest BCUT2D eigenvalue weighted by Gasteiger charge is 2.25. The number of nitrogens with zero attached hydrogens (tertiary/aromatic N) is 2. The van der Waals surface area contributed by atoms with Crippen LogP contribution in [0.3, 0.4) is 0 Å². The van der Waals surface area contributed by atoms with E-state index in [2.05, 4.69) is 9.88 Å². The quantitative estimate of drug-likeness (QED) is 0.830. The summed E-state index contributed by atoms with van der Waals surface area (Å²) in [5.41, 5.74) is 1.03. The van der Waals surface area contributed by atoms with Crippen molar-refractivity contribution in [3.8, 4) is 0 Å². The van der Waals surface area contributed by atoms with Gasteiger partial charge in [0, 0.05) is 30.7 Å². The van der Waals surface area contributed by atoms with Crippen LogP contribution in [0.25, 0.3) is 0 Å². The predicted octanol–water partition coefficient (Wildman–Crippen LogP) is 2.57. The first-order chi connectivity index (χ1) is 8.19. The summed E-state index contributed by atoms with van der Waals surface area (Å²) in [5.74, 6) is 0. The highest BCUT2D eigenvalue weighted by molar-refractivity contribution is 7.09. The molecular formula is C12H19FN2OS. The van der Waals surface area contributed by atoms with Crippen molar-refractivity contribution in [2.45, 2.75) is 32.5 Å². The molecule has 0 aliphatic carbocycles. The summed E-state index contributed by atoms with van der Waals surface area (Å²) in [5, 5.41) is 3.04. The number of alkyl halides is 1. The molecule has 96 valence electrons. The summed E-state index contributed by atoms with van der Waals surface area (Å²) in [7, 11) is 0. The maximum Gasteiger partial charge on any atom is 0.123 e. The molecule has 2 rings (SSSR count). The van der Waals surface area contributed by atoms with E-state index >= 15 is 0 Å². The number of rotatable bonds is 4. The Kier molecular flexibility index (Phi) is 4.48. The van der Waals surface area contributed by atoms with E-state index < -0.39 is 6.17 Å². The Labute approximate surface area is 106 Å². The van der Waals surface area contributed by atoms with Gasteiger partial charge in [0.15, 0.2) is 0 Å². The van der Waals surface area contributed by atoms with Gasteiger partial charge in [-0.1, -0.05) is 6.92 Å². The van der Waals surface area contributed by atoms with Gasteiger partial charge in [0.25, 0.3) is 0 Å². The fourth-order valence-electron chi connectivity index (χ4n) is 1.95. The van der Waals surface area contributed by atoms with E-state index in [1.807, 2.05) is 19.2 Å². The van der Waals surface area contributed by atoms with Crippen molar-refractivity contribution >= 4 is 11.3 Å². The number of ether oxygens (including phenoxy) is 1. The Morgan fingerprint density at radius 2 is 2.53 bits per heavy atom. The van der Waals surface area contributed by atoms with Crippen LogP contribution in [0, 0.1) is 6.92 Å². The molecule has 1 aromatic rings. The lowest BCUT2D eigenvalue weighted by atomic mass is 10.2. The van der Waals surface area contributed by atoms with Crippen molar-refractivity contribution in [2.75, 3.05) is 26.2 Å². The van der Waals surface area contributed by atoms with E-state index in [0.29, 0.717) is 19.6 Å². The highest BCUT2D eigenvalue weighted by Crippen LogP contribution is 2.25. The molecule has 0 bridgehead atoms. The first kappa shape index (κ1) is 12.9. The second-order valence-electron chi connectivity index (χ2n) is 4.45. The van der Waals surface area contributed by atoms with Crippen LogP contribution in [0.15, 0.2) is 5.38 Å². The molecule has 0 amide bonds. The second kappa shape index (κ2) is 5.89. The van der Waals surface area contributed by atoms with Gasteiger partial charge in [-0.2, -0.15) is 0 Å². The first-order valence-electron chi connectivity index (χ1n) is 6.09. The Balaban J connectivity index is 1.93. The van der Waals surface area contributed by atoms with Crippen molar-refractivity contribution in [1.82, 2.24) is 9.88 Å². The first-order valence-corrected chi connectivity index (χ1v) is 6.97. The molecule has 0 aromatic carbocycles. The van der Waals surface area contributed by atoms with E-state index in [1.165, 1.54) is 0 Å². The SMILES string of the molecule is CC[C@H](F)CN1CCO[C@H](c2nc(C)cs2)C1. The number of thiazole rings is 1. The lowest BCUT2D eigenvalue weighted by Crippen LogP contribution is -2.41. The zero-order valence-electron chi connectivity index (χ0n) is 10.4. The Hall–Kier alpha value is -0.520. The zero-order valence-corrected chi connectivity index (χ0v) is 11.2. The van der Waals surface area contributed by atoms with Crippen molar-refractivity contribution in [3.05, 3.63) is 16.1 Å². The molecule has 3 nitrogen and oxygen atoms in total. The molecule has 1 aromatic heterocycles. The summed E-state index contributed by atoms with van der Waals surface area (Å²) in [4.78, 5) is 6.58. The number of hydrogen-bond donors (Lipinski definition) is 0. The van der Waals surface area contributed by atoms with Gasteiger partial charge in [-0.25, -0.2) is 9.37 Å². The third-order valence-corrected chi connectivity index (χ3v) is 4.02. The minimum atomic E-state index is -0.730. The van der Waals surface area contributed by atoms with Gasteiger partial charge in [-0.3, -0.25) is 4.90 Å². The number of hydrogen-bond acceptors (Lipinski definition) is 4. The van der Waals surface area contributed by atoms with Crippen LogP contribution in [0.4, 0.5) is 4.39 Å². The smallest absolute Gasteiger partial charge is 0.123 e. The van der Waals surface area contributed by atoms with Gasteiger partial charge in [0.05, 0.1) is 6.61 Å². The standard InChI is InChI=1S/C12H19FN2OS/c1-3-10(13)6-15-4-5-16-11(7-15)12-14-9(2)8-17-12/h8,10-11H,3-7H2,1-2H3/t10-,11-/m0/s1. The zero-order chi connectivity index (χ0) is 12.3. The summed E-state index contributed by atoms with van der Waals surface area (Å²) in [6.45, 7) is 6.62. The molecule has 0 radical (unpaired) electrons. The van der Waals surface area contributed by atoms with Crippen LogP contribution in [0.2, 0.25) is 0 Å². The molecule has 1 aliphatic heterocycles. The van der Waals surface area contributed by atoms with Gasteiger partial charge in [-0.15, -0.1) is 11.3 Å². The van der Waals surface area contributed by atoms with Gasteiger partial charge >= 0.3 is 0 Å². The molecule has 1 saturated heterocycles. The van der Waals surface area contributed by atoms with Crippen LogP contribution in [0.1, 0.15) is 30.2 Å². The van der Waals surface area contributed by atoms with Gasteiger partial charge < -0.3 is 4.74 Å². The predicted molar refractivity (Wildman–Crippen MR) is 67.2 cm³/mol. The molecule has 2 atom stereocenters. The fraction of sp³-hybridized carbons (Fsp3) is 0.750. The molecule has 1 aliphatic rings. The molecule has 2 heterocycles. The summed E-state index contributed by atoms with van der Waals surface area (Å²) in [6.07, 6.45) is -0.128. The number of aromatic nitrogens is 1. The second-order valence-corrected chi connectivity index (χ2v) is 5.34. The van der Waals surface area contributed by atoms with E-state index in [0.717, 1.165) is 23.8 Å². The van der Waals surface area contributed by atoms with E-state index in [9.17, 15) is 4.39 Å². The number of aryl methyl sites for hydroxylation is 1. The minimum absolute atomic E-state index is 0.0199. The van der Waals surface area contributed by atoms with Crippen LogP contribution in [-0.2, 0) is 4.74 Å². The van der Waals surface area contributed by atoms with Crippen molar-refractivity contribution in [1.29, 1.82) is 0 Å². The van der Waals surface area contributed by atoms with Crippen LogP contribution >= 0.6 is 11.3 Å². The maximum atomic E-state index is 13.4. The highest BCUT2D eigenvalue weighted by atomic mass is 32.1. The van der Waals surface area contributed by atoms with E-state index in [4.69, 9.17) is 4.74 Å². The topological polar surface area (TPSA) is 25.4 Å². The third-order valence-electron chi connectivity index (χ3n) is 2.96. The largest absolute Gasteiger partial charge is 0.368 e. The van der Waals surface area contributed by atoms with Gasteiger partial charge in [0.1, 0.15) is 17.3 Å². The van der Waals surface area contributed by atoms with Crippen molar-refractivity contribution in [3.63, 3.8) is 0 Å². The Morgan fingerprint density at radius 3 is 3.18 bits per heavy atom. The molecule has 1 fully saturated rings. The van der Waals surface area contributed by atoms with E-state index in [-0.39, 0.29) is 6.10 Å². The van der Waals surface area contributed by atoms with Crippen LogP contribution in [-0.4, -0.2) is 42.3 Å². The molecule has 17 heavy (non-hydrogen) atoms. The number of morpholine rings is 1. The maximum absolute atomic E-state index is 13.4. The average Bonchev–Trinajstić information content (AvgIpc) is 2.76. The monoisotopic (exact) mass is 258 g/mol. The van der Waals surface area contributed by atoms with Crippen molar-refractivity contribution in [2.24, 2.45) is 0 Å². The third kappa shape index (κ3) is 3.47. The fourth-order valence-corrected chi connectivity index (χ4v) is 2.78. The lowest BCUT2D eigenvalue weighted by molar-refractivity contribution is -0.0364. The summed E-state index contributed by atoms with van der Waals surface area (Å²) >= 11 is 1.63. The summed E-state index contributed by atoms with van der Waals surface area (Å²) < 4.78 is 19.1.